The number of nitrogens with zero attached hydrogens (tertiary/aromatic N) is 1. The molecule has 0 amide bonds. The molecule has 2 aromatic heterocycles. The minimum absolute atomic E-state index is 0.544. The quantitative estimate of drug-likeness (QED) is 0.906. The Labute approximate surface area is 111 Å². The number of furan rings is 1. The van der Waals surface area contributed by atoms with E-state index in [1.165, 1.54) is 25.0 Å². The average molecular weight is 262 g/mol. The van der Waals surface area contributed by atoms with Gasteiger partial charge in [0, 0.05) is 17.5 Å². The van der Waals surface area contributed by atoms with Crippen LogP contribution in [0.4, 0.5) is 5.82 Å². The highest BCUT2D eigenvalue weighted by Gasteiger charge is 2.27. The maximum absolute atomic E-state index is 5.41. The SMILES string of the molecule is CCSC1CCCC1Nc1nccc2occc12. The molecule has 2 aromatic rings. The Bertz CT molecular complexity index is 525. The third-order valence-corrected chi connectivity index (χ3v) is 4.86. The van der Waals surface area contributed by atoms with Crippen LogP contribution < -0.4 is 5.32 Å². The lowest BCUT2D eigenvalue weighted by Gasteiger charge is -2.20. The van der Waals surface area contributed by atoms with E-state index in [-0.39, 0.29) is 0 Å². The maximum atomic E-state index is 5.41. The molecule has 2 atom stereocenters. The van der Waals surface area contributed by atoms with Gasteiger partial charge in [-0.15, -0.1) is 0 Å². The highest BCUT2D eigenvalue weighted by Crippen LogP contribution is 2.33. The number of anilines is 1. The summed E-state index contributed by atoms with van der Waals surface area (Å²) in [5.41, 5.74) is 0.908. The summed E-state index contributed by atoms with van der Waals surface area (Å²) in [6.07, 6.45) is 7.41. The smallest absolute Gasteiger partial charge is 0.139 e. The van der Waals surface area contributed by atoms with Crippen molar-refractivity contribution < 1.29 is 4.42 Å². The van der Waals surface area contributed by atoms with Gasteiger partial charge < -0.3 is 9.73 Å². The number of aromatic nitrogens is 1. The van der Waals surface area contributed by atoms with Crippen LogP contribution in [-0.4, -0.2) is 22.0 Å². The fourth-order valence-corrected chi connectivity index (χ4v) is 3.89. The average Bonchev–Trinajstić information content (AvgIpc) is 3.00. The van der Waals surface area contributed by atoms with Crippen molar-refractivity contribution in [2.24, 2.45) is 0 Å². The zero-order chi connectivity index (χ0) is 12.4. The topological polar surface area (TPSA) is 38.1 Å². The summed E-state index contributed by atoms with van der Waals surface area (Å²) in [4.78, 5) is 4.46. The van der Waals surface area contributed by atoms with Gasteiger partial charge in [-0.1, -0.05) is 13.3 Å². The summed E-state index contributed by atoms with van der Waals surface area (Å²) < 4.78 is 5.41. The molecule has 1 fully saturated rings. The van der Waals surface area contributed by atoms with Crippen molar-refractivity contribution in [3.05, 3.63) is 24.6 Å². The van der Waals surface area contributed by atoms with E-state index in [2.05, 4.69) is 29.0 Å². The van der Waals surface area contributed by atoms with Gasteiger partial charge in [-0.05, 0) is 30.7 Å². The van der Waals surface area contributed by atoms with Crippen LogP contribution >= 0.6 is 11.8 Å². The monoisotopic (exact) mass is 262 g/mol. The Balaban J connectivity index is 1.81. The normalized spacial score (nSPS) is 23.6. The zero-order valence-corrected chi connectivity index (χ0v) is 11.4. The van der Waals surface area contributed by atoms with Crippen LogP contribution in [0, 0.1) is 0 Å². The van der Waals surface area contributed by atoms with Crippen molar-refractivity contribution in [2.75, 3.05) is 11.1 Å². The van der Waals surface area contributed by atoms with Crippen LogP contribution in [0.5, 0.6) is 0 Å². The lowest BCUT2D eigenvalue weighted by molar-refractivity contribution is 0.615. The molecule has 4 heteroatoms. The van der Waals surface area contributed by atoms with Crippen LogP contribution in [0.15, 0.2) is 29.0 Å². The molecule has 3 nitrogen and oxygen atoms in total. The molecule has 0 spiro atoms. The number of thioether (sulfide) groups is 1. The summed E-state index contributed by atoms with van der Waals surface area (Å²) in [6, 6.07) is 4.44. The molecule has 18 heavy (non-hydrogen) atoms. The van der Waals surface area contributed by atoms with Gasteiger partial charge in [-0.3, -0.25) is 0 Å². The third-order valence-electron chi connectivity index (χ3n) is 3.54. The Morgan fingerprint density at radius 3 is 3.28 bits per heavy atom. The van der Waals surface area contributed by atoms with Gasteiger partial charge in [0.25, 0.3) is 0 Å². The predicted molar refractivity (Wildman–Crippen MR) is 77.2 cm³/mol. The lowest BCUT2D eigenvalue weighted by Crippen LogP contribution is -2.26. The molecule has 0 bridgehead atoms. The molecule has 2 heterocycles. The minimum Gasteiger partial charge on any atom is -0.464 e. The van der Waals surface area contributed by atoms with Gasteiger partial charge in [-0.25, -0.2) is 4.98 Å². The van der Waals surface area contributed by atoms with Crippen molar-refractivity contribution in [2.45, 2.75) is 37.5 Å². The molecule has 1 aliphatic rings. The highest BCUT2D eigenvalue weighted by atomic mass is 32.2. The molecule has 1 saturated carbocycles. The van der Waals surface area contributed by atoms with Gasteiger partial charge in [0.1, 0.15) is 11.4 Å². The molecule has 3 rings (SSSR count). The first-order chi connectivity index (χ1) is 8.88. The van der Waals surface area contributed by atoms with Crippen molar-refractivity contribution in [3.63, 3.8) is 0 Å². The summed E-state index contributed by atoms with van der Waals surface area (Å²) in [5, 5.41) is 5.42. The molecule has 1 N–H and O–H groups in total. The van der Waals surface area contributed by atoms with Gasteiger partial charge in [0.2, 0.25) is 0 Å². The van der Waals surface area contributed by atoms with Gasteiger partial charge >= 0.3 is 0 Å². The number of rotatable bonds is 4. The van der Waals surface area contributed by atoms with Crippen LogP contribution in [-0.2, 0) is 0 Å². The van der Waals surface area contributed by atoms with E-state index in [0.29, 0.717) is 6.04 Å². The van der Waals surface area contributed by atoms with Crippen LogP contribution in [0.2, 0.25) is 0 Å². The standard InChI is InChI=1S/C14H18N2OS/c1-2-18-13-5-3-4-11(13)16-14-10-7-9-17-12(10)6-8-15-14/h6-9,11,13H,2-5H2,1H3,(H,15,16). The second kappa shape index (κ2) is 5.22. The summed E-state index contributed by atoms with van der Waals surface area (Å²) in [5.74, 6) is 2.15. The first kappa shape index (κ1) is 11.9. The van der Waals surface area contributed by atoms with Crippen LogP contribution in [0.1, 0.15) is 26.2 Å². The molecule has 1 aliphatic carbocycles. The molecule has 0 aromatic carbocycles. The van der Waals surface area contributed by atoms with E-state index in [1.54, 1.807) is 6.26 Å². The highest BCUT2D eigenvalue weighted by molar-refractivity contribution is 7.99. The number of fused-ring (bicyclic) bond motifs is 1. The van der Waals surface area contributed by atoms with E-state index >= 15 is 0 Å². The Morgan fingerprint density at radius 1 is 1.44 bits per heavy atom. The maximum Gasteiger partial charge on any atom is 0.139 e. The van der Waals surface area contributed by atoms with Crippen LogP contribution in [0.25, 0.3) is 11.0 Å². The first-order valence-electron chi connectivity index (χ1n) is 6.59. The van der Waals surface area contributed by atoms with Gasteiger partial charge in [0.15, 0.2) is 0 Å². The van der Waals surface area contributed by atoms with E-state index in [4.69, 9.17) is 4.42 Å². The molecular formula is C14H18N2OS. The van der Waals surface area contributed by atoms with Crippen molar-refractivity contribution in [3.8, 4) is 0 Å². The Morgan fingerprint density at radius 2 is 2.39 bits per heavy atom. The Kier molecular flexibility index (Phi) is 3.46. The summed E-state index contributed by atoms with van der Waals surface area (Å²) >= 11 is 2.06. The number of nitrogens with one attached hydrogen (secondary N) is 1. The molecule has 0 aliphatic heterocycles. The largest absolute Gasteiger partial charge is 0.464 e. The van der Waals surface area contributed by atoms with E-state index < -0.39 is 0 Å². The number of hydrogen-bond donors (Lipinski definition) is 1. The summed E-state index contributed by atoms with van der Waals surface area (Å²) in [7, 11) is 0. The number of pyridine rings is 1. The molecule has 96 valence electrons. The number of hydrogen-bond acceptors (Lipinski definition) is 4. The molecular weight excluding hydrogens is 244 g/mol. The fraction of sp³-hybridized carbons (Fsp3) is 0.500. The third kappa shape index (κ3) is 2.21. The van der Waals surface area contributed by atoms with Crippen molar-refractivity contribution in [1.82, 2.24) is 4.98 Å². The van der Waals surface area contributed by atoms with Gasteiger partial charge in [0.05, 0.1) is 11.6 Å². The lowest BCUT2D eigenvalue weighted by atomic mass is 10.2. The zero-order valence-electron chi connectivity index (χ0n) is 10.6. The second-order valence-corrected chi connectivity index (χ2v) is 6.18. The van der Waals surface area contributed by atoms with Crippen LogP contribution in [0.3, 0.4) is 0 Å². The summed E-state index contributed by atoms with van der Waals surface area (Å²) in [6.45, 7) is 2.23. The van der Waals surface area contributed by atoms with Crippen molar-refractivity contribution in [1.29, 1.82) is 0 Å². The molecule has 2 unspecified atom stereocenters. The predicted octanol–water partition coefficient (Wildman–Crippen LogP) is 3.91. The van der Waals surface area contributed by atoms with E-state index in [9.17, 15) is 0 Å². The van der Waals surface area contributed by atoms with E-state index in [1.807, 2.05) is 18.3 Å². The molecule has 0 saturated heterocycles. The second-order valence-electron chi connectivity index (χ2n) is 4.67. The minimum atomic E-state index is 0.544. The van der Waals surface area contributed by atoms with E-state index in [0.717, 1.165) is 22.0 Å². The Hall–Kier alpha value is -1.16. The molecule has 0 radical (unpaired) electrons. The first-order valence-corrected chi connectivity index (χ1v) is 7.63. The van der Waals surface area contributed by atoms with Crippen molar-refractivity contribution >= 4 is 28.5 Å². The fourth-order valence-electron chi connectivity index (χ4n) is 2.69. The van der Waals surface area contributed by atoms with Gasteiger partial charge in [-0.2, -0.15) is 11.8 Å².